The molecule has 0 spiro atoms. The number of ether oxygens (including phenoxy) is 1. The first-order chi connectivity index (χ1) is 7.81. The first-order valence-corrected chi connectivity index (χ1v) is 6.66. The average molecular weight is 282 g/mol. The summed E-state index contributed by atoms with van der Waals surface area (Å²) >= 11 is 3.68. The summed E-state index contributed by atoms with van der Waals surface area (Å²) in [5.74, 6) is 2.52. The van der Waals surface area contributed by atoms with E-state index in [9.17, 15) is 0 Å². The minimum absolute atomic E-state index is 0.714. The normalized spacial score (nSPS) is 27.4. The molecular formula is C13H16BrNO. The fraction of sp³-hybridized carbons (Fsp3) is 0.538. The molecule has 2 unspecified atom stereocenters. The molecule has 1 heterocycles. The molecule has 1 aliphatic heterocycles. The fourth-order valence-corrected chi connectivity index (χ4v) is 3.83. The summed E-state index contributed by atoms with van der Waals surface area (Å²) in [5.41, 5.74) is 2.98. The van der Waals surface area contributed by atoms with Gasteiger partial charge in [0.05, 0.1) is 11.6 Å². The van der Waals surface area contributed by atoms with Crippen molar-refractivity contribution in [2.75, 3.05) is 20.2 Å². The highest BCUT2D eigenvalue weighted by Gasteiger charge is 2.34. The van der Waals surface area contributed by atoms with E-state index < -0.39 is 0 Å². The van der Waals surface area contributed by atoms with E-state index in [0.29, 0.717) is 5.92 Å². The lowest BCUT2D eigenvalue weighted by molar-refractivity contribution is 0.406. The Labute approximate surface area is 105 Å². The van der Waals surface area contributed by atoms with Crippen LogP contribution in [0.25, 0.3) is 0 Å². The van der Waals surface area contributed by atoms with Crippen molar-refractivity contribution in [1.29, 1.82) is 0 Å². The van der Waals surface area contributed by atoms with Crippen LogP contribution in [0.3, 0.4) is 0 Å². The molecule has 2 nitrogen and oxygen atoms in total. The Kier molecular flexibility index (Phi) is 2.68. The van der Waals surface area contributed by atoms with Crippen LogP contribution in [0.2, 0.25) is 0 Å². The van der Waals surface area contributed by atoms with Crippen LogP contribution in [0.5, 0.6) is 5.75 Å². The van der Waals surface area contributed by atoms with Crippen LogP contribution >= 0.6 is 15.9 Å². The van der Waals surface area contributed by atoms with Crippen molar-refractivity contribution >= 4 is 15.9 Å². The van der Waals surface area contributed by atoms with Crippen molar-refractivity contribution in [3.63, 3.8) is 0 Å². The van der Waals surface area contributed by atoms with Crippen LogP contribution in [-0.4, -0.2) is 20.2 Å². The van der Waals surface area contributed by atoms with Gasteiger partial charge in [-0.05, 0) is 58.4 Å². The smallest absolute Gasteiger partial charge is 0.133 e. The number of hydrogen-bond donors (Lipinski definition) is 1. The molecular weight excluding hydrogens is 266 g/mol. The minimum atomic E-state index is 0.714. The summed E-state index contributed by atoms with van der Waals surface area (Å²) < 4.78 is 6.52. The van der Waals surface area contributed by atoms with Crippen LogP contribution in [0.1, 0.15) is 23.5 Å². The summed E-state index contributed by atoms with van der Waals surface area (Å²) in [7, 11) is 1.73. The predicted octanol–water partition coefficient (Wildman–Crippen LogP) is 2.71. The highest BCUT2D eigenvalue weighted by Crippen LogP contribution is 2.43. The standard InChI is InChI=1S/C13H16BrNO/c1-16-12-5-4-9-10(13(12)14)3-2-8-6-15-7-11(8)9/h4-5,8,11,15H,2-3,6-7H2,1H3. The summed E-state index contributed by atoms with van der Waals surface area (Å²) in [5, 5.41) is 3.51. The Morgan fingerprint density at radius 1 is 1.38 bits per heavy atom. The third kappa shape index (κ3) is 1.49. The van der Waals surface area contributed by atoms with Gasteiger partial charge in [-0.15, -0.1) is 0 Å². The van der Waals surface area contributed by atoms with Crippen LogP contribution < -0.4 is 10.1 Å². The van der Waals surface area contributed by atoms with Gasteiger partial charge in [0.2, 0.25) is 0 Å². The molecule has 86 valence electrons. The van der Waals surface area contributed by atoms with Crippen LogP contribution in [0, 0.1) is 5.92 Å². The fourth-order valence-electron chi connectivity index (χ4n) is 3.10. The van der Waals surface area contributed by atoms with Gasteiger partial charge in [0.25, 0.3) is 0 Å². The first-order valence-electron chi connectivity index (χ1n) is 5.87. The van der Waals surface area contributed by atoms with Gasteiger partial charge in [-0.2, -0.15) is 0 Å². The molecule has 1 aromatic rings. The van der Waals surface area contributed by atoms with E-state index in [0.717, 1.165) is 22.7 Å². The Hall–Kier alpha value is -0.540. The van der Waals surface area contributed by atoms with E-state index in [1.54, 1.807) is 7.11 Å². The predicted molar refractivity (Wildman–Crippen MR) is 68.1 cm³/mol. The molecule has 2 atom stereocenters. The molecule has 0 saturated carbocycles. The molecule has 3 heteroatoms. The van der Waals surface area contributed by atoms with Crippen LogP contribution in [0.15, 0.2) is 16.6 Å². The van der Waals surface area contributed by atoms with E-state index in [4.69, 9.17) is 4.74 Å². The van der Waals surface area contributed by atoms with E-state index in [1.807, 2.05) is 0 Å². The monoisotopic (exact) mass is 281 g/mol. The lowest BCUT2D eigenvalue weighted by Crippen LogP contribution is -2.19. The van der Waals surface area contributed by atoms with Gasteiger partial charge in [0.1, 0.15) is 5.75 Å². The zero-order valence-electron chi connectivity index (χ0n) is 9.42. The second kappa shape index (κ2) is 4.04. The summed E-state index contributed by atoms with van der Waals surface area (Å²) in [6, 6.07) is 4.34. The number of halogens is 1. The summed E-state index contributed by atoms with van der Waals surface area (Å²) in [4.78, 5) is 0. The van der Waals surface area contributed by atoms with Gasteiger partial charge in [-0.1, -0.05) is 6.07 Å². The number of benzene rings is 1. The first kappa shape index (κ1) is 10.6. The van der Waals surface area contributed by atoms with Crippen molar-refractivity contribution in [3.8, 4) is 5.75 Å². The summed E-state index contributed by atoms with van der Waals surface area (Å²) in [6.07, 6.45) is 2.48. The van der Waals surface area contributed by atoms with Crippen molar-refractivity contribution in [2.45, 2.75) is 18.8 Å². The molecule has 2 aliphatic rings. The van der Waals surface area contributed by atoms with Crippen molar-refractivity contribution in [2.24, 2.45) is 5.92 Å². The Morgan fingerprint density at radius 2 is 2.25 bits per heavy atom. The van der Waals surface area contributed by atoms with Crippen molar-refractivity contribution < 1.29 is 4.74 Å². The van der Waals surface area contributed by atoms with E-state index in [1.165, 1.54) is 30.5 Å². The second-order valence-corrected chi connectivity index (χ2v) is 5.51. The Morgan fingerprint density at radius 3 is 3.06 bits per heavy atom. The molecule has 0 radical (unpaired) electrons. The zero-order valence-corrected chi connectivity index (χ0v) is 11.0. The largest absolute Gasteiger partial charge is 0.496 e. The molecule has 0 bridgehead atoms. The van der Waals surface area contributed by atoms with Crippen molar-refractivity contribution in [3.05, 3.63) is 27.7 Å². The highest BCUT2D eigenvalue weighted by molar-refractivity contribution is 9.10. The highest BCUT2D eigenvalue weighted by atomic mass is 79.9. The Bertz CT molecular complexity index is 419. The number of nitrogens with one attached hydrogen (secondary N) is 1. The molecule has 1 fully saturated rings. The van der Waals surface area contributed by atoms with E-state index >= 15 is 0 Å². The molecule has 16 heavy (non-hydrogen) atoms. The molecule has 1 aliphatic carbocycles. The third-order valence-electron chi connectivity index (χ3n) is 3.97. The third-order valence-corrected chi connectivity index (χ3v) is 4.84. The van der Waals surface area contributed by atoms with Crippen molar-refractivity contribution in [1.82, 2.24) is 5.32 Å². The number of rotatable bonds is 1. The zero-order chi connectivity index (χ0) is 11.1. The SMILES string of the molecule is COc1ccc2c(c1Br)CCC1CNCC21. The van der Waals surface area contributed by atoms with Gasteiger partial charge in [-0.3, -0.25) is 0 Å². The van der Waals surface area contributed by atoms with Crippen LogP contribution in [-0.2, 0) is 6.42 Å². The quantitative estimate of drug-likeness (QED) is 0.855. The van der Waals surface area contributed by atoms with Gasteiger partial charge >= 0.3 is 0 Å². The lowest BCUT2D eigenvalue weighted by atomic mass is 9.77. The van der Waals surface area contributed by atoms with E-state index in [-0.39, 0.29) is 0 Å². The number of methoxy groups -OCH3 is 1. The lowest BCUT2D eigenvalue weighted by Gasteiger charge is -2.28. The number of hydrogen-bond acceptors (Lipinski definition) is 2. The molecule has 3 rings (SSSR count). The maximum Gasteiger partial charge on any atom is 0.133 e. The van der Waals surface area contributed by atoms with Gasteiger partial charge in [0.15, 0.2) is 0 Å². The summed E-state index contributed by atoms with van der Waals surface area (Å²) in [6.45, 7) is 2.32. The molecule has 1 aromatic carbocycles. The molecule has 0 amide bonds. The molecule has 0 aromatic heterocycles. The topological polar surface area (TPSA) is 21.3 Å². The maximum atomic E-state index is 5.36. The van der Waals surface area contributed by atoms with Gasteiger partial charge in [-0.25, -0.2) is 0 Å². The Balaban J connectivity index is 2.08. The maximum absolute atomic E-state index is 5.36. The average Bonchev–Trinajstić information content (AvgIpc) is 2.77. The molecule has 1 saturated heterocycles. The minimum Gasteiger partial charge on any atom is -0.496 e. The second-order valence-electron chi connectivity index (χ2n) is 4.71. The van der Waals surface area contributed by atoms with Gasteiger partial charge in [0, 0.05) is 12.5 Å². The number of fused-ring (bicyclic) bond motifs is 3. The molecule has 1 N–H and O–H groups in total. The van der Waals surface area contributed by atoms with Gasteiger partial charge < -0.3 is 10.1 Å². The van der Waals surface area contributed by atoms with E-state index in [2.05, 4.69) is 33.4 Å². The van der Waals surface area contributed by atoms with Crippen LogP contribution in [0.4, 0.5) is 0 Å².